The van der Waals surface area contributed by atoms with E-state index in [-0.39, 0.29) is 11.6 Å². The Bertz CT molecular complexity index is 1200. The van der Waals surface area contributed by atoms with Gasteiger partial charge < -0.3 is 11.1 Å². The fourth-order valence-electron chi connectivity index (χ4n) is 2.85. The number of fused-ring (bicyclic) bond motifs is 1. The first-order valence-electron chi connectivity index (χ1n) is 8.88. The summed E-state index contributed by atoms with van der Waals surface area (Å²) in [5.74, 6) is 0.420. The van der Waals surface area contributed by atoms with Crippen LogP contribution in [0.15, 0.2) is 48.8 Å². The third kappa shape index (κ3) is 3.81. The van der Waals surface area contributed by atoms with Gasteiger partial charge in [-0.3, -0.25) is 15.6 Å². The molecule has 0 aliphatic carbocycles. The average molecular weight is 405 g/mol. The number of carbonyl (C=O) groups excluding carboxylic acids is 1. The number of amides is 1. The molecule has 0 saturated heterocycles. The minimum absolute atomic E-state index is 0.272. The first-order chi connectivity index (χ1) is 14.0. The van der Waals surface area contributed by atoms with Crippen molar-refractivity contribution >= 4 is 49.9 Å². The summed E-state index contributed by atoms with van der Waals surface area (Å²) < 4.78 is 1.07. The van der Waals surface area contributed by atoms with E-state index in [4.69, 9.17) is 5.73 Å². The highest BCUT2D eigenvalue weighted by molar-refractivity contribution is 7.22. The van der Waals surface area contributed by atoms with E-state index in [9.17, 15) is 4.79 Å². The summed E-state index contributed by atoms with van der Waals surface area (Å²) >= 11 is 1.51. The first-order valence-corrected chi connectivity index (χ1v) is 9.70. The number of carbonyl (C=O) groups is 1. The first kappa shape index (κ1) is 18.6. The smallest absolute Gasteiger partial charge is 0.269 e. The zero-order valence-electron chi connectivity index (χ0n) is 15.9. The monoisotopic (exact) mass is 405 g/mol. The number of anilines is 4. The van der Waals surface area contributed by atoms with E-state index >= 15 is 0 Å². The molecule has 4 aromatic rings. The van der Waals surface area contributed by atoms with Crippen molar-refractivity contribution in [3.63, 3.8) is 0 Å². The summed E-state index contributed by atoms with van der Waals surface area (Å²) in [6.45, 7) is 3.89. The lowest BCUT2D eigenvalue weighted by Gasteiger charge is -2.12. The minimum Gasteiger partial charge on any atom is -0.393 e. The van der Waals surface area contributed by atoms with Gasteiger partial charge in [0, 0.05) is 5.56 Å². The van der Waals surface area contributed by atoms with Crippen LogP contribution in [-0.2, 0) is 0 Å². The zero-order valence-corrected chi connectivity index (χ0v) is 16.7. The minimum atomic E-state index is -0.280. The molecule has 9 heteroatoms. The molecule has 0 atom stereocenters. The summed E-state index contributed by atoms with van der Waals surface area (Å²) in [6.07, 6.45) is 1.36. The standard InChI is InChI=1S/C20H19N7OS/c1-11-6-3-4-8-13(11)19(28)27-26-18-15(21)17(22-10-23-18)25-20-24-16-12(2)7-5-9-14(16)29-20/h3-10H,21H2,1-2H3,(H,27,28)(H2,22,23,24,25,26). The van der Waals surface area contributed by atoms with Crippen LogP contribution in [0, 0.1) is 13.8 Å². The second-order valence-electron chi connectivity index (χ2n) is 6.44. The van der Waals surface area contributed by atoms with Crippen LogP contribution in [0.4, 0.5) is 22.5 Å². The average Bonchev–Trinajstić information content (AvgIpc) is 3.13. The molecule has 4 rings (SSSR count). The maximum atomic E-state index is 12.4. The Morgan fingerprint density at radius 1 is 1.00 bits per heavy atom. The maximum absolute atomic E-state index is 12.4. The van der Waals surface area contributed by atoms with Crippen LogP contribution in [0.1, 0.15) is 21.5 Å². The number of nitrogens with zero attached hydrogens (tertiary/aromatic N) is 3. The lowest BCUT2D eigenvalue weighted by molar-refractivity contribution is 0.0962. The van der Waals surface area contributed by atoms with E-state index in [0.717, 1.165) is 21.3 Å². The quantitative estimate of drug-likeness (QED) is 0.373. The van der Waals surface area contributed by atoms with Gasteiger partial charge in [0.1, 0.15) is 12.0 Å². The molecule has 2 aromatic carbocycles. The topological polar surface area (TPSA) is 118 Å². The highest BCUT2D eigenvalue weighted by atomic mass is 32.1. The molecule has 0 aliphatic heterocycles. The van der Waals surface area contributed by atoms with E-state index < -0.39 is 0 Å². The van der Waals surface area contributed by atoms with Gasteiger partial charge >= 0.3 is 0 Å². The van der Waals surface area contributed by atoms with Gasteiger partial charge in [-0.05, 0) is 37.1 Å². The molecule has 29 heavy (non-hydrogen) atoms. The van der Waals surface area contributed by atoms with E-state index in [2.05, 4.69) is 31.1 Å². The Morgan fingerprint density at radius 2 is 1.76 bits per heavy atom. The predicted molar refractivity (Wildman–Crippen MR) is 116 cm³/mol. The second kappa shape index (κ2) is 7.72. The number of aryl methyl sites for hydroxylation is 2. The second-order valence-corrected chi connectivity index (χ2v) is 7.47. The summed E-state index contributed by atoms with van der Waals surface area (Å²) in [5, 5.41) is 3.81. The Hall–Kier alpha value is -3.72. The van der Waals surface area contributed by atoms with Crippen molar-refractivity contribution in [2.45, 2.75) is 13.8 Å². The van der Waals surface area contributed by atoms with Crippen molar-refractivity contribution in [1.29, 1.82) is 0 Å². The number of thiazole rings is 1. The number of nitrogens with one attached hydrogen (secondary N) is 3. The molecule has 0 fully saturated rings. The van der Waals surface area contributed by atoms with Crippen molar-refractivity contribution in [3.05, 3.63) is 65.5 Å². The number of para-hydroxylation sites is 1. The number of hydrogen-bond donors (Lipinski definition) is 4. The Morgan fingerprint density at radius 3 is 2.55 bits per heavy atom. The predicted octanol–water partition coefficient (Wildman–Crippen LogP) is 3.79. The van der Waals surface area contributed by atoms with E-state index in [1.54, 1.807) is 6.07 Å². The molecule has 0 radical (unpaired) electrons. The van der Waals surface area contributed by atoms with Gasteiger partial charge in [0.2, 0.25) is 0 Å². The normalized spacial score (nSPS) is 10.7. The Balaban J connectivity index is 1.52. The zero-order chi connectivity index (χ0) is 20.4. The SMILES string of the molecule is Cc1ccccc1C(=O)NNc1ncnc(Nc2nc3c(C)cccc3s2)c1N. The number of benzene rings is 2. The molecule has 0 bridgehead atoms. The van der Waals surface area contributed by atoms with Gasteiger partial charge in [-0.15, -0.1) is 0 Å². The van der Waals surface area contributed by atoms with Crippen molar-refractivity contribution in [1.82, 2.24) is 20.4 Å². The van der Waals surface area contributed by atoms with Crippen molar-refractivity contribution < 1.29 is 4.79 Å². The van der Waals surface area contributed by atoms with Crippen molar-refractivity contribution in [3.8, 4) is 0 Å². The van der Waals surface area contributed by atoms with E-state index in [0.29, 0.717) is 22.3 Å². The van der Waals surface area contributed by atoms with Crippen molar-refractivity contribution in [2.24, 2.45) is 0 Å². The Labute approximate surface area is 171 Å². The van der Waals surface area contributed by atoms with Crippen LogP contribution >= 0.6 is 11.3 Å². The van der Waals surface area contributed by atoms with Gasteiger partial charge in [-0.2, -0.15) is 0 Å². The number of nitrogens with two attached hydrogens (primary N) is 1. The molecule has 0 unspecified atom stereocenters. The fourth-order valence-corrected chi connectivity index (χ4v) is 3.79. The molecule has 0 aliphatic rings. The molecule has 8 nitrogen and oxygen atoms in total. The van der Waals surface area contributed by atoms with Crippen molar-refractivity contribution in [2.75, 3.05) is 16.5 Å². The molecule has 146 valence electrons. The summed E-state index contributed by atoms with van der Waals surface area (Å²) in [5.41, 5.74) is 15.3. The van der Waals surface area contributed by atoms with Crippen LogP contribution < -0.4 is 21.9 Å². The molecular formula is C20H19N7OS. The van der Waals surface area contributed by atoms with Crippen LogP contribution in [0.5, 0.6) is 0 Å². The highest BCUT2D eigenvalue weighted by Crippen LogP contribution is 2.32. The third-order valence-electron chi connectivity index (χ3n) is 4.41. The van der Waals surface area contributed by atoms with E-state index in [1.165, 1.54) is 17.7 Å². The van der Waals surface area contributed by atoms with Crippen LogP contribution in [0.2, 0.25) is 0 Å². The van der Waals surface area contributed by atoms with Gasteiger partial charge in [0.15, 0.2) is 16.8 Å². The van der Waals surface area contributed by atoms with Gasteiger partial charge in [-0.25, -0.2) is 15.0 Å². The van der Waals surface area contributed by atoms with Crippen LogP contribution in [0.25, 0.3) is 10.2 Å². The highest BCUT2D eigenvalue weighted by Gasteiger charge is 2.13. The van der Waals surface area contributed by atoms with E-state index in [1.807, 2.05) is 50.2 Å². The lowest BCUT2D eigenvalue weighted by Crippen LogP contribution is -2.30. The van der Waals surface area contributed by atoms with Crippen LogP contribution in [0.3, 0.4) is 0 Å². The molecule has 0 spiro atoms. The lowest BCUT2D eigenvalue weighted by atomic mass is 10.1. The summed E-state index contributed by atoms with van der Waals surface area (Å²) in [6, 6.07) is 13.3. The number of aromatic nitrogens is 3. The van der Waals surface area contributed by atoms with Gasteiger partial charge in [0.25, 0.3) is 5.91 Å². The largest absolute Gasteiger partial charge is 0.393 e. The molecular weight excluding hydrogens is 386 g/mol. The number of hydrazine groups is 1. The molecule has 2 aromatic heterocycles. The molecule has 5 N–H and O–H groups in total. The molecule has 1 amide bonds. The Kier molecular flexibility index (Phi) is 4.96. The van der Waals surface area contributed by atoms with Gasteiger partial charge in [0.05, 0.1) is 10.2 Å². The number of hydrogen-bond acceptors (Lipinski definition) is 8. The third-order valence-corrected chi connectivity index (χ3v) is 5.35. The fraction of sp³-hybridized carbons (Fsp3) is 0.100. The van der Waals surface area contributed by atoms with Crippen LogP contribution in [-0.4, -0.2) is 20.9 Å². The summed E-state index contributed by atoms with van der Waals surface area (Å²) in [7, 11) is 0. The molecule has 2 heterocycles. The number of rotatable bonds is 5. The summed E-state index contributed by atoms with van der Waals surface area (Å²) in [4.78, 5) is 25.3. The molecule has 0 saturated carbocycles. The maximum Gasteiger partial charge on any atom is 0.269 e. The number of nitrogen functional groups attached to an aromatic ring is 1. The van der Waals surface area contributed by atoms with Gasteiger partial charge in [-0.1, -0.05) is 41.7 Å².